The highest BCUT2D eigenvalue weighted by molar-refractivity contribution is 9.09. The molecule has 0 heterocycles. The van der Waals surface area contributed by atoms with Crippen LogP contribution >= 0.6 is 15.9 Å². The first-order chi connectivity index (χ1) is 11.8. The molecule has 24 heavy (non-hydrogen) atoms. The molecule has 0 spiro atoms. The van der Waals surface area contributed by atoms with Gasteiger partial charge in [-0.3, -0.25) is 4.79 Å². The van der Waals surface area contributed by atoms with E-state index in [4.69, 9.17) is 4.74 Å². The summed E-state index contributed by atoms with van der Waals surface area (Å²) in [5.41, 5.74) is 0. The Balaban J connectivity index is 3.21. The molecular formula is C21H39BrO2. The van der Waals surface area contributed by atoms with Crippen molar-refractivity contribution in [2.45, 2.75) is 103 Å². The molecule has 0 N–H and O–H groups in total. The number of rotatable bonds is 18. The summed E-state index contributed by atoms with van der Waals surface area (Å²) in [7, 11) is 0. The van der Waals surface area contributed by atoms with Crippen LogP contribution in [0.1, 0.15) is 103 Å². The zero-order valence-corrected chi connectivity index (χ0v) is 17.5. The van der Waals surface area contributed by atoms with Gasteiger partial charge in [0.25, 0.3) is 0 Å². The minimum Gasteiger partial charge on any atom is -0.465 e. The van der Waals surface area contributed by atoms with Gasteiger partial charge in [0.05, 0.1) is 6.61 Å². The summed E-state index contributed by atoms with van der Waals surface area (Å²) in [5.74, 6) is -0.0239. The van der Waals surface area contributed by atoms with E-state index in [0.29, 0.717) is 13.0 Å². The molecule has 0 unspecified atom stereocenters. The van der Waals surface area contributed by atoms with Crippen molar-refractivity contribution in [3.8, 4) is 0 Å². The van der Waals surface area contributed by atoms with Crippen LogP contribution in [0.15, 0.2) is 12.2 Å². The summed E-state index contributed by atoms with van der Waals surface area (Å²) in [6.07, 6.45) is 22.2. The number of carbonyl (C=O) groups excluding carboxylic acids is 1. The van der Waals surface area contributed by atoms with Crippen molar-refractivity contribution in [1.29, 1.82) is 0 Å². The Labute approximate surface area is 158 Å². The van der Waals surface area contributed by atoms with Crippen molar-refractivity contribution in [1.82, 2.24) is 0 Å². The SMILES string of the molecule is CCCCC/C=C\CCOC(=O)CCCCCCCCCCCBr. The van der Waals surface area contributed by atoms with Gasteiger partial charge in [0.1, 0.15) is 0 Å². The number of alkyl halides is 1. The van der Waals surface area contributed by atoms with Crippen LogP contribution in [0.5, 0.6) is 0 Å². The molecule has 2 nitrogen and oxygen atoms in total. The van der Waals surface area contributed by atoms with Crippen LogP contribution in [0.25, 0.3) is 0 Å². The predicted octanol–water partition coefficient (Wildman–Crippen LogP) is 7.35. The molecule has 0 saturated carbocycles. The number of esters is 1. The van der Waals surface area contributed by atoms with E-state index in [9.17, 15) is 4.79 Å². The monoisotopic (exact) mass is 402 g/mol. The second kappa shape index (κ2) is 20.7. The van der Waals surface area contributed by atoms with Gasteiger partial charge in [0, 0.05) is 11.8 Å². The Morgan fingerprint density at radius 1 is 0.792 bits per heavy atom. The third-order valence-corrected chi connectivity index (χ3v) is 4.76. The predicted molar refractivity (Wildman–Crippen MR) is 109 cm³/mol. The van der Waals surface area contributed by atoms with Crippen LogP contribution in [0.2, 0.25) is 0 Å². The number of carbonyl (C=O) groups is 1. The number of hydrogen-bond acceptors (Lipinski definition) is 2. The zero-order chi connectivity index (χ0) is 17.7. The molecule has 0 saturated heterocycles. The van der Waals surface area contributed by atoms with E-state index in [0.717, 1.165) is 31.0 Å². The average Bonchev–Trinajstić information content (AvgIpc) is 2.59. The molecule has 0 aliphatic heterocycles. The number of allylic oxidation sites excluding steroid dienone is 1. The Morgan fingerprint density at radius 3 is 2.00 bits per heavy atom. The highest BCUT2D eigenvalue weighted by Gasteiger charge is 2.01. The van der Waals surface area contributed by atoms with Crippen molar-refractivity contribution >= 4 is 21.9 Å². The largest absolute Gasteiger partial charge is 0.465 e. The fraction of sp³-hybridized carbons (Fsp3) is 0.857. The summed E-state index contributed by atoms with van der Waals surface area (Å²) >= 11 is 3.47. The molecular weight excluding hydrogens is 364 g/mol. The molecule has 0 fully saturated rings. The molecule has 0 aromatic heterocycles. The van der Waals surface area contributed by atoms with Crippen molar-refractivity contribution in [2.24, 2.45) is 0 Å². The lowest BCUT2D eigenvalue weighted by Crippen LogP contribution is -2.04. The van der Waals surface area contributed by atoms with E-state index in [1.54, 1.807) is 0 Å². The highest BCUT2D eigenvalue weighted by atomic mass is 79.9. The Hall–Kier alpha value is -0.310. The second-order valence-corrected chi connectivity index (χ2v) is 7.39. The molecule has 0 aromatic rings. The van der Waals surface area contributed by atoms with Gasteiger partial charge in [-0.05, 0) is 32.1 Å². The van der Waals surface area contributed by atoms with Gasteiger partial charge < -0.3 is 4.74 Å². The Kier molecular flexibility index (Phi) is 20.5. The van der Waals surface area contributed by atoms with Gasteiger partial charge in [-0.25, -0.2) is 0 Å². The van der Waals surface area contributed by atoms with E-state index in [1.165, 1.54) is 64.2 Å². The van der Waals surface area contributed by atoms with Crippen LogP contribution < -0.4 is 0 Å². The van der Waals surface area contributed by atoms with Crippen molar-refractivity contribution in [2.75, 3.05) is 11.9 Å². The first-order valence-corrected chi connectivity index (χ1v) is 11.3. The Morgan fingerprint density at radius 2 is 1.38 bits per heavy atom. The first-order valence-electron chi connectivity index (χ1n) is 10.2. The van der Waals surface area contributed by atoms with E-state index in [-0.39, 0.29) is 5.97 Å². The smallest absolute Gasteiger partial charge is 0.305 e. The topological polar surface area (TPSA) is 26.3 Å². The van der Waals surface area contributed by atoms with Gasteiger partial charge >= 0.3 is 5.97 Å². The fourth-order valence-corrected chi connectivity index (χ4v) is 3.06. The minimum absolute atomic E-state index is 0.0239. The molecule has 0 atom stereocenters. The molecule has 0 rings (SSSR count). The molecule has 3 heteroatoms. The number of ether oxygens (including phenoxy) is 1. The summed E-state index contributed by atoms with van der Waals surface area (Å²) < 4.78 is 5.26. The van der Waals surface area contributed by atoms with Crippen LogP contribution in [0, 0.1) is 0 Å². The lowest BCUT2D eigenvalue weighted by Gasteiger charge is -2.04. The van der Waals surface area contributed by atoms with E-state index in [1.807, 2.05) is 0 Å². The normalized spacial score (nSPS) is 11.2. The van der Waals surface area contributed by atoms with Crippen molar-refractivity contribution < 1.29 is 9.53 Å². The Bertz CT molecular complexity index is 290. The maximum Gasteiger partial charge on any atom is 0.305 e. The van der Waals surface area contributed by atoms with Gasteiger partial charge in [-0.2, -0.15) is 0 Å². The number of hydrogen-bond donors (Lipinski definition) is 0. The third kappa shape index (κ3) is 19.7. The van der Waals surface area contributed by atoms with E-state index < -0.39 is 0 Å². The summed E-state index contributed by atoms with van der Waals surface area (Å²) in [4.78, 5) is 11.6. The van der Waals surface area contributed by atoms with Crippen molar-refractivity contribution in [3.05, 3.63) is 12.2 Å². The summed E-state index contributed by atoms with van der Waals surface area (Å²) in [6, 6.07) is 0. The zero-order valence-electron chi connectivity index (χ0n) is 15.9. The van der Waals surface area contributed by atoms with Crippen molar-refractivity contribution in [3.63, 3.8) is 0 Å². The minimum atomic E-state index is -0.0239. The lowest BCUT2D eigenvalue weighted by molar-refractivity contribution is -0.143. The molecule has 142 valence electrons. The average molecular weight is 403 g/mol. The maximum atomic E-state index is 11.6. The number of unbranched alkanes of at least 4 members (excludes halogenated alkanes) is 11. The second-order valence-electron chi connectivity index (χ2n) is 6.60. The van der Waals surface area contributed by atoms with Gasteiger partial charge in [0.15, 0.2) is 0 Å². The van der Waals surface area contributed by atoms with E-state index in [2.05, 4.69) is 35.0 Å². The molecule has 0 bridgehead atoms. The molecule has 0 aromatic carbocycles. The van der Waals surface area contributed by atoms with Crippen LogP contribution in [0.4, 0.5) is 0 Å². The molecule has 0 aliphatic rings. The standard InChI is InChI=1S/C21H39BrO2/c1-2-3-4-5-11-14-17-20-24-21(23)18-15-12-9-7-6-8-10-13-16-19-22/h11,14H,2-10,12-13,15-20H2,1H3/b14-11-. The fourth-order valence-electron chi connectivity index (χ4n) is 2.66. The maximum absolute atomic E-state index is 11.6. The summed E-state index contributed by atoms with van der Waals surface area (Å²) in [5, 5.41) is 1.14. The lowest BCUT2D eigenvalue weighted by atomic mass is 10.1. The molecule has 0 radical (unpaired) electrons. The van der Waals surface area contributed by atoms with Crippen LogP contribution in [-0.4, -0.2) is 17.9 Å². The van der Waals surface area contributed by atoms with E-state index >= 15 is 0 Å². The molecule has 0 amide bonds. The quantitative estimate of drug-likeness (QED) is 0.103. The van der Waals surface area contributed by atoms with Gasteiger partial charge in [-0.1, -0.05) is 92.8 Å². The third-order valence-electron chi connectivity index (χ3n) is 4.20. The van der Waals surface area contributed by atoms with Crippen LogP contribution in [-0.2, 0) is 9.53 Å². The number of halogens is 1. The first kappa shape index (κ1) is 23.7. The van der Waals surface area contributed by atoms with Gasteiger partial charge in [-0.15, -0.1) is 0 Å². The summed E-state index contributed by atoms with van der Waals surface area (Å²) in [6.45, 7) is 2.76. The van der Waals surface area contributed by atoms with Gasteiger partial charge in [0.2, 0.25) is 0 Å². The van der Waals surface area contributed by atoms with Crippen LogP contribution in [0.3, 0.4) is 0 Å². The molecule has 0 aliphatic carbocycles. The highest BCUT2D eigenvalue weighted by Crippen LogP contribution is 2.11.